The predicted octanol–water partition coefficient (Wildman–Crippen LogP) is 2.36. The molecule has 3 heterocycles. The van der Waals surface area contributed by atoms with Gasteiger partial charge >= 0.3 is 0 Å². The van der Waals surface area contributed by atoms with Gasteiger partial charge in [-0.05, 0) is 0 Å². The van der Waals surface area contributed by atoms with Crippen LogP contribution in [0.5, 0.6) is 0 Å². The van der Waals surface area contributed by atoms with Gasteiger partial charge in [-0.1, -0.05) is 30.3 Å². The molecule has 0 aliphatic heterocycles. The van der Waals surface area contributed by atoms with E-state index in [4.69, 9.17) is 0 Å². The van der Waals surface area contributed by atoms with E-state index in [0.29, 0.717) is 0 Å². The summed E-state index contributed by atoms with van der Waals surface area (Å²) in [5.74, 6) is 0.810. The van der Waals surface area contributed by atoms with Crippen LogP contribution in [0, 0.1) is 0 Å². The highest BCUT2D eigenvalue weighted by Crippen LogP contribution is 2.30. The Morgan fingerprint density at radius 3 is 2.48 bits per heavy atom. The first-order valence-electron chi connectivity index (χ1n) is 6.69. The molecule has 6 heteroatoms. The Morgan fingerprint density at radius 2 is 1.71 bits per heavy atom. The van der Waals surface area contributed by atoms with Crippen molar-refractivity contribution in [2.24, 2.45) is 14.1 Å². The molecule has 0 fully saturated rings. The van der Waals surface area contributed by atoms with Gasteiger partial charge in [0, 0.05) is 19.7 Å². The Labute approximate surface area is 121 Å². The normalized spacial score (nSPS) is 11.3. The minimum Gasteiger partial charge on any atom is -0.335 e. The maximum Gasteiger partial charge on any atom is 0.176 e. The summed E-state index contributed by atoms with van der Waals surface area (Å²) >= 11 is 0. The van der Waals surface area contributed by atoms with E-state index in [1.54, 1.807) is 10.9 Å². The largest absolute Gasteiger partial charge is 0.335 e. The Hall–Kier alpha value is -2.89. The molecule has 1 N–H and O–H groups in total. The molecule has 0 amide bonds. The average Bonchev–Trinajstić information content (AvgIpc) is 3.16. The number of benzene rings is 1. The number of aromatic nitrogens is 6. The molecule has 3 aromatic heterocycles. The minimum absolute atomic E-state index is 0.810. The fourth-order valence-corrected chi connectivity index (χ4v) is 2.59. The summed E-state index contributed by atoms with van der Waals surface area (Å²) in [6.45, 7) is 0. The Kier molecular flexibility index (Phi) is 2.44. The monoisotopic (exact) mass is 278 g/mol. The van der Waals surface area contributed by atoms with Crippen LogP contribution in [0.15, 0.2) is 42.7 Å². The van der Waals surface area contributed by atoms with Crippen molar-refractivity contribution in [3.05, 3.63) is 42.7 Å². The zero-order valence-electron chi connectivity index (χ0n) is 11.8. The highest BCUT2D eigenvalue weighted by Gasteiger charge is 2.16. The molecule has 4 aromatic rings. The summed E-state index contributed by atoms with van der Waals surface area (Å²) < 4.78 is 3.63. The summed E-state index contributed by atoms with van der Waals surface area (Å²) in [7, 11) is 3.82. The summed E-state index contributed by atoms with van der Waals surface area (Å²) in [6, 6.07) is 10.2. The van der Waals surface area contributed by atoms with Crippen molar-refractivity contribution < 1.29 is 0 Å². The summed E-state index contributed by atoms with van der Waals surface area (Å²) in [4.78, 5) is 7.94. The smallest absolute Gasteiger partial charge is 0.176 e. The number of H-pyrrole nitrogens is 1. The number of rotatable bonds is 2. The fraction of sp³-hybridized carbons (Fsp3) is 0.133. The zero-order valence-corrected chi connectivity index (χ0v) is 11.8. The van der Waals surface area contributed by atoms with Gasteiger partial charge in [-0.15, -0.1) is 0 Å². The van der Waals surface area contributed by atoms with Crippen LogP contribution in [0.2, 0.25) is 0 Å². The molecule has 0 bridgehead atoms. The lowest BCUT2D eigenvalue weighted by Gasteiger charge is -2.04. The van der Waals surface area contributed by atoms with Crippen molar-refractivity contribution in [1.82, 2.24) is 29.5 Å². The van der Waals surface area contributed by atoms with Crippen LogP contribution in [0.4, 0.5) is 0 Å². The zero-order chi connectivity index (χ0) is 14.4. The van der Waals surface area contributed by atoms with Gasteiger partial charge in [-0.3, -0.25) is 4.68 Å². The minimum atomic E-state index is 0.810. The molecule has 0 saturated heterocycles. The van der Waals surface area contributed by atoms with E-state index in [0.717, 1.165) is 33.8 Å². The van der Waals surface area contributed by atoms with Gasteiger partial charge in [0.25, 0.3) is 0 Å². The first-order chi connectivity index (χ1) is 10.2. The van der Waals surface area contributed by atoms with E-state index in [9.17, 15) is 0 Å². The van der Waals surface area contributed by atoms with Crippen LogP contribution < -0.4 is 0 Å². The van der Waals surface area contributed by atoms with Crippen molar-refractivity contribution in [2.75, 3.05) is 0 Å². The average molecular weight is 278 g/mol. The van der Waals surface area contributed by atoms with Gasteiger partial charge < -0.3 is 4.98 Å². The number of aromatic amines is 1. The first-order valence-corrected chi connectivity index (χ1v) is 6.69. The van der Waals surface area contributed by atoms with Crippen LogP contribution in [-0.4, -0.2) is 29.5 Å². The van der Waals surface area contributed by atoms with Crippen LogP contribution in [0.1, 0.15) is 0 Å². The molecule has 6 nitrogen and oxygen atoms in total. The van der Waals surface area contributed by atoms with Crippen LogP contribution >= 0.6 is 0 Å². The topological polar surface area (TPSA) is 64.3 Å². The van der Waals surface area contributed by atoms with Gasteiger partial charge in [-0.25, -0.2) is 9.67 Å². The second kappa shape index (κ2) is 4.31. The maximum atomic E-state index is 4.63. The summed E-state index contributed by atoms with van der Waals surface area (Å²) in [5, 5.41) is 8.56. The van der Waals surface area contributed by atoms with E-state index in [1.807, 2.05) is 43.2 Å². The van der Waals surface area contributed by atoms with Gasteiger partial charge in [0.15, 0.2) is 5.65 Å². The molecule has 21 heavy (non-hydrogen) atoms. The van der Waals surface area contributed by atoms with E-state index in [2.05, 4.69) is 32.3 Å². The van der Waals surface area contributed by atoms with Gasteiger partial charge in [0.2, 0.25) is 0 Å². The lowest BCUT2D eigenvalue weighted by Crippen LogP contribution is -1.95. The second-order valence-electron chi connectivity index (χ2n) is 4.99. The number of nitrogens with one attached hydrogen (secondary N) is 1. The quantitative estimate of drug-likeness (QED) is 0.612. The molecule has 0 atom stereocenters. The fourth-order valence-electron chi connectivity index (χ4n) is 2.59. The SMILES string of the molecule is Cn1ncc(-c2nc3c(cnn3C)[nH]2)c1-c1ccccc1. The number of nitrogens with zero attached hydrogens (tertiary/aromatic N) is 5. The van der Waals surface area contributed by atoms with Crippen molar-refractivity contribution >= 4 is 11.2 Å². The van der Waals surface area contributed by atoms with Gasteiger partial charge in [0.05, 0.1) is 23.7 Å². The van der Waals surface area contributed by atoms with E-state index in [-0.39, 0.29) is 0 Å². The third kappa shape index (κ3) is 1.76. The van der Waals surface area contributed by atoms with Crippen LogP contribution in [0.3, 0.4) is 0 Å². The Morgan fingerprint density at radius 1 is 0.952 bits per heavy atom. The number of hydrogen-bond donors (Lipinski definition) is 1. The standard InChI is InChI=1S/C15H14N6/c1-20-13(10-6-4-3-5-7-10)11(8-16-20)14-18-12-9-17-21(2)15(12)19-14/h3-9H,1-2H3,(H,18,19). The molecule has 0 spiro atoms. The van der Waals surface area contributed by atoms with E-state index in [1.165, 1.54) is 0 Å². The molecule has 0 unspecified atom stereocenters. The first kappa shape index (κ1) is 11.9. The molecule has 0 aliphatic rings. The maximum absolute atomic E-state index is 4.63. The summed E-state index contributed by atoms with van der Waals surface area (Å²) in [6.07, 6.45) is 3.62. The molecule has 104 valence electrons. The van der Waals surface area contributed by atoms with Crippen molar-refractivity contribution in [3.8, 4) is 22.6 Å². The number of fused-ring (bicyclic) bond motifs is 1. The predicted molar refractivity (Wildman–Crippen MR) is 80.5 cm³/mol. The number of aryl methyl sites for hydroxylation is 2. The third-order valence-electron chi connectivity index (χ3n) is 3.62. The molecule has 0 saturated carbocycles. The lowest BCUT2D eigenvalue weighted by molar-refractivity contribution is 0.776. The lowest BCUT2D eigenvalue weighted by atomic mass is 10.1. The number of imidazole rings is 1. The van der Waals surface area contributed by atoms with Gasteiger partial charge in [0.1, 0.15) is 11.3 Å². The molecular formula is C15H14N6. The van der Waals surface area contributed by atoms with Crippen LogP contribution in [-0.2, 0) is 14.1 Å². The van der Waals surface area contributed by atoms with Crippen molar-refractivity contribution in [3.63, 3.8) is 0 Å². The highest BCUT2D eigenvalue weighted by molar-refractivity contribution is 5.82. The Balaban J connectivity index is 1.93. The Bertz CT molecular complexity index is 912. The van der Waals surface area contributed by atoms with Gasteiger partial charge in [-0.2, -0.15) is 10.2 Å². The van der Waals surface area contributed by atoms with Crippen molar-refractivity contribution in [1.29, 1.82) is 0 Å². The molecule has 0 radical (unpaired) electrons. The van der Waals surface area contributed by atoms with Crippen molar-refractivity contribution in [2.45, 2.75) is 0 Å². The molecule has 1 aromatic carbocycles. The van der Waals surface area contributed by atoms with E-state index >= 15 is 0 Å². The van der Waals surface area contributed by atoms with Crippen LogP contribution in [0.25, 0.3) is 33.8 Å². The molecular weight excluding hydrogens is 264 g/mol. The second-order valence-corrected chi connectivity index (χ2v) is 4.99. The summed E-state index contributed by atoms with van der Waals surface area (Å²) in [5.41, 5.74) is 4.91. The molecule has 0 aliphatic carbocycles. The van der Waals surface area contributed by atoms with E-state index < -0.39 is 0 Å². The molecule has 4 rings (SSSR count). The third-order valence-corrected chi connectivity index (χ3v) is 3.62. The number of hydrogen-bond acceptors (Lipinski definition) is 3. The highest BCUT2D eigenvalue weighted by atomic mass is 15.3.